The van der Waals surface area contributed by atoms with Gasteiger partial charge in [0.25, 0.3) is 0 Å². The van der Waals surface area contributed by atoms with Crippen molar-refractivity contribution in [2.24, 2.45) is 5.73 Å². The van der Waals surface area contributed by atoms with Crippen molar-refractivity contribution >= 4 is 0 Å². The molecule has 2 unspecified atom stereocenters. The fraction of sp³-hybridized carbons (Fsp3) is 1.00. The molecular formula is C8H16F3NO. The SMILES string of the molecule is CC(N)CC(C)OCCC(F)(F)F. The van der Waals surface area contributed by atoms with E-state index in [4.69, 9.17) is 10.5 Å². The van der Waals surface area contributed by atoms with Gasteiger partial charge in [-0.15, -0.1) is 0 Å². The van der Waals surface area contributed by atoms with Crippen LogP contribution in [0.15, 0.2) is 0 Å². The predicted octanol–water partition coefficient (Wildman–Crippen LogP) is 2.08. The lowest BCUT2D eigenvalue weighted by Gasteiger charge is -2.15. The summed E-state index contributed by atoms with van der Waals surface area (Å²) >= 11 is 0. The fourth-order valence-electron chi connectivity index (χ4n) is 0.967. The van der Waals surface area contributed by atoms with Gasteiger partial charge in [0.1, 0.15) is 0 Å². The smallest absolute Gasteiger partial charge is 0.378 e. The lowest BCUT2D eigenvalue weighted by atomic mass is 10.2. The van der Waals surface area contributed by atoms with Crippen molar-refractivity contribution in [3.8, 4) is 0 Å². The summed E-state index contributed by atoms with van der Waals surface area (Å²) in [6, 6.07) is -0.0408. The molecule has 0 aliphatic rings. The van der Waals surface area contributed by atoms with Gasteiger partial charge in [-0.3, -0.25) is 0 Å². The standard InChI is InChI=1S/C8H16F3NO/c1-6(12)5-7(2)13-4-3-8(9,10)11/h6-7H,3-5,12H2,1-2H3. The normalized spacial score (nSPS) is 17.1. The summed E-state index contributed by atoms with van der Waals surface area (Å²) < 4.78 is 39.9. The molecular weight excluding hydrogens is 183 g/mol. The van der Waals surface area contributed by atoms with Gasteiger partial charge < -0.3 is 10.5 Å². The third-order valence-electron chi connectivity index (χ3n) is 1.49. The van der Waals surface area contributed by atoms with Crippen LogP contribution in [0.4, 0.5) is 13.2 Å². The lowest BCUT2D eigenvalue weighted by molar-refractivity contribution is -0.148. The molecule has 0 rings (SSSR count). The van der Waals surface area contributed by atoms with Crippen molar-refractivity contribution in [2.45, 2.75) is 45.0 Å². The van der Waals surface area contributed by atoms with Gasteiger partial charge in [-0.2, -0.15) is 13.2 Å². The Hall–Kier alpha value is -0.290. The molecule has 2 N–H and O–H groups in total. The number of rotatable bonds is 5. The van der Waals surface area contributed by atoms with E-state index in [1.54, 1.807) is 13.8 Å². The van der Waals surface area contributed by atoms with Gasteiger partial charge in [0.15, 0.2) is 0 Å². The maximum atomic E-state index is 11.7. The molecule has 0 aliphatic heterocycles. The second kappa shape index (κ2) is 5.44. The Labute approximate surface area is 76.2 Å². The summed E-state index contributed by atoms with van der Waals surface area (Å²) in [6.07, 6.45) is -4.65. The molecule has 0 aromatic heterocycles. The van der Waals surface area contributed by atoms with Crippen LogP contribution in [0.3, 0.4) is 0 Å². The number of nitrogens with two attached hydrogens (primary N) is 1. The minimum atomic E-state index is -4.13. The van der Waals surface area contributed by atoms with E-state index >= 15 is 0 Å². The molecule has 0 saturated carbocycles. The Morgan fingerprint density at radius 3 is 2.23 bits per heavy atom. The van der Waals surface area contributed by atoms with Crippen molar-refractivity contribution in [2.75, 3.05) is 6.61 Å². The highest BCUT2D eigenvalue weighted by Crippen LogP contribution is 2.19. The monoisotopic (exact) mass is 199 g/mol. The minimum Gasteiger partial charge on any atom is -0.378 e. The van der Waals surface area contributed by atoms with Gasteiger partial charge in [-0.1, -0.05) is 0 Å². The summed E-state index contributed by atoms with van der Waals surface area (Å²) in [5.41, 5.74) is 5.45. The Bertz CT molecular complexity index is 136. The molecule has 2 atom stereocenters. The average Bonchev–Trinajstić information content (AvgIpc) is 1.81. The second-order valence-electron chi connectivity index (χ2n) is 3.26. The van der Waals surface area contributed by atoms with Gasteiger partial charge in [-0.05, 0) is 20.3 Å². The molecule has 0 aromatic rings. The third-order valence-corrected chi connectivity index (χ3v) is 1.49. The summed E-state index contributed by atoms with van der Waals surface area (Å²) in [5, 5.41) is 0. The zero-order chi connectivity index (χ0) is 10.5. The largest absolute Gasteiger partial charge is 0.391 e. The van der Waals surface area contributed by atoms with Crippen LogP contribution >= 0.6 is 0 Å². The van der Waals surface area contributed by atoms with E-state index in [0.29, 0.717) is 6.42 Å². The fourth-order valence-corrected chi connectivity index (χ4v) is 0.967. The maximum absolute atomic E-state index is 11.7. The van der Waals surface area contributed by atoms with Crippen LogP contribution in [0.1, 0.15) is 26.7 Å². The molecule has 0 aromatic carbocycles. The third kappa shape index (κ3) is 9.63. The van der Waals surface area contributed by atoms with Crippen LogP contribution in [0.5, 0.6) is 0 Å². The van der Waals surface area contributed by atoms with Crippen molar-refractivity contribution in [3.63, 3.8) is 0 Å². The topological polar surface area (TPSA) is 35.2 Å². The first-order valence-electron chi connectivity index (χ1n) is 4.25. The van der Waals surface area contributed by atoms with E-state index in [0.717, 1.165) is 0 Å². The molecule has 5 heteroatoms. The van der Waals surface area contributed by atoms with E-state index in [2.05, 4.69) is 0 Å². The van der Waals surface area contributed by atoms with Crippen LogP contribution in [0, 0.1) is 0 Å². The van der Waals surface area contributed by atoms with Crippen molar-refractivity contribution in [3.05, 3.63) is 0 Å². The van der Waals surface area contributed by atoms with Gasteiger partial charge in [-0.25, -0.2) is 0 Å². The van der Waals surface area contributed by atoms with Crippen molar-refractivity contribution in [1.82, 2.24) is 0 Å². The predicted molar refractivity (Wildman–Crippen MR) is 44.4 cm³/mol. The Morgan fingerprint density at radius 2 is 1.85 bits per heavy atom. The highest BCUT2D eigenvalue weighted by atomic mass is 19.4. The number of alkyl halides is 3. The molecule has 80 valence electrons. The van der Waals surface area contributed by atoms with E-state index in [1.165, 1.54) is 0 Å². The van der Waals surface area contributed by atoms with Gasteiger partial charge in [0.2, 0.25) is 0 Å². The first-order chi connectivity index (χ1) is 5.81. The van der Waals surface area contributed by atoms with Crippen LogP contribution < -0.4 is 5.73 Å². The maximum Gasteiger partial charge on any atom is 0.391 e. The Kier molecular flexibility index (Phi) is 5.32. The zero-order valence-corrected chi connectivity index (χ0v) is 7.90. The van der Waals surface area contributed by atoms with Crippen LogP contribution in [0.2, 0.25) is 0 Å². The van der Waals surface area contributed by atoms with Crippen LogP contribution in [0.25, 0.3) is 0 Å². The van der Waals surface area contributed by atoms with Crippen molar-refractivity contribution in [1.29, 1.82) is 0 Å². The van der Waals surface area contributed by atoms with Gasteiger partial charge in [0, 0.05) is 6.04 Å². The number of hydrogen-bond acceptors (Lipinski definition) is 2. The molecule has 0 fully saturated rings. The molecule has 0 saturated heterocycles. The van der Waals surface area contributed by atoms with E-state index in [9.17, 15) is 13.2 Å². The molecule has 0 bridgehead atoms. The first kappa shape index (κ1) is 12.7. The number of ether oxygens (including phenoxy) is 1. The van der Waals surface area contributed by atoms with E-state index in [-0.39, 0.29) is 18.8 Å². The van der Waals surface area contributed by atoms with Crippen LogP contribution in [-0.2, 0) is 4.74 Å². The first-order valence-corrected chi connectivity index (χ1v) is 4.25. The molecule has 13 heavy (non-hydrogen) atoms. The molecule has 0 spiro atoms. The molecule has 0 amide bonds. The minimum absolute atomic E-state index is 0.0408. The van der Waals surface area contributed by atoms with Crippen LogP contribution in [-0.4, -0.2) is 24.9 Å². The summed E-state index contributed by atoms with van der Waals surface area (Å²) in [5.74, 6) is 0. The zero-order valence-electron chi connectivity index (χ0n) is 7.90. The van der Waals surface area contributed by atoms with Crippen molar-refractivity contribution < 1.29 is 17.9 Å². The van der Waals surface area contributed by atoms with Gasteiger partial charge in [0.05, 0.1) is 19.1 Å². The summed E-state index contributed by atoms with van der Waals surface area (Å²) in [6.45, 7) is 3.24. The van der Waals surface area contributed by atoms with E-state index < -0.39 is 12.6 Å². The molecule has 0 radical (unpaired) electrons. The summed E-state index contributed by atoms with van der Waals surface area (Å²) in [7, 11) is 0. The second-order valence-corrected chi connectivity index (χ2v) is 3.26. The lowest BCUT2D eigenvalue weighted by Crippen LogP contribution is -2.24. The van der Waals surface area contributed by atoms with E-state index in [1.807, 2.05) is 0 Å². The number of hydrogen-bond donors (Lipinski definition) is 1. The highest BCUT2D eigenvalue weighted by molar-refractivity contribution is 4.60. The molecule has 0 heterocycles. The highest BCUT2D eigenvalue weighted by Gasteiger charge is 2.26. The summed E-state index contributed by atoms with van der Waals surface area (Å²) in [4.78, 5) is 0. The number of halogens is 3. The quantitative estimate of drug-likeness (QED) is 0.735. The van der Waals surface area contributed by atoms with Gasteiger partial charge >= 0.3 is 6.18 Å². The molecule has 0 aliphatic carbocycles. The molecule has 2 nitrogen and oxygen atoms in total. The Balaban J connectivity index is 3.42. The Morgan fingerprint density at radius 1 is 1.31 bits per heavy atom. The average molecular weight is 199 g/mol.